The SMILES string of the molecule is CCCCC1CCC(C(OC(c2cc(F)c(F)c(F)c2F)C2CCC(CCCC)CC2)c2cc(F)c(F)c(F)c2F)CC1. The summed E-state index contributed by atoms with van der Waals surface area (Å²) in [6.07, 6.45) is 8.47. The minimum atomic E-state index is -1.99. The van der Waals surface area contributed by atoms with Gasteiger partial charge in [-0.25, -0.2) is 35.1 Å². The molecule has 43 heavy (non-hydrogen) atoms. The zero-order valence-electron chi connectivity index (χ0n) is 25.0. The van der Waals surface area contributed by atoms with E-state index in [-0.39, 0.29) is 0 Å². The molecule has 0 heterocycles. The minimum Gasteiger partial charge on any atom is -0.365 e. The molecule has 0 bridgehead atoms. The fourth-order valence-corrected chi connectivity index (χ4v) is 7.18. The van der Waals surface area contributed by atoms with Gasteiger partial charge in [-0.1, -0.05) is 78.1 Å². The molecule has 1 nitrogen and oxygen atoms in total. The van der Waals surface area contributed by atoms with E-state index in [1.807, 2.05) is 0 Å². The maximum atomic E-state index is 15.3. The predicted octanol–water partition coefficient (Wildman–Crippen LogP) is 11.6. The lowest BCUT2D eigenvalue weighted by Gasteiger charge is -2.40. The Bertz CT molecular complexity index is 1120. The van der Waals surface area contributed by atoms with Gasteiger partial charge in [0.1, 0.15) is 0 Å². The molecule has 2 aliphatic carbocycles. The van der Waals surface area contributed by atoms with Crippen molar-refractivity contribution in [3.8, 4) is 0 Å². The molecule has 9 heteroatoms. The summed E-state index contributed by atoms with van der Waals surface area (Å²) in [6.45, 7) is 4.18. The molecule has 2 saturated carbocycles. The third-order valence-electron chi connectivity index (χ3n) is 9.74. The maximum Gasteiger partial charge on any atom is 0.197 e. The fourth-order valence-electron chi connectivity index (χ4n) is 7.18. The highest BCUT2D eigenvalue weighted by atomic mass is 19.2. The van der Waals surface area contributed by atoms with E-state index in [2.05, 4.69) is 13.8 Å². The third kappa shape index (κ3) is 7.74. The standard InChI is InChI=1S/C34H42F8O/c1-3-5-7-19-9-13-21(14-10-19)33(23-17-25(35)29(39)31(41)27(23)37)43-34(22-15-11-20(12-16-22)8-6-4-2)24-18-26(36)30(40)32(42)28(24)38/h17-22,33-34H,3-16H2,1-2H3. The van der Waals surface area contributed by atoms with Crippen molar-refractivity contribution in [1.29, 1.82) is 0 Å². The molecular formula is C34H42F8O. The molecule has 0 amide bonds. The van der Waals surface area contributed by atoms with Crippen LogP contribution in [0.5, 0.6) is 0 Å². The highest BCUT2D eigenvalue weighted by Crippen LogP contribution is 2.48. The van der Waals surface area contributed by atoms with E-state index in [0.29, 0.717) is 49.7 Å². The van der Waals surface area contributed by atoms with Gasteiger partial charge in [0, 0.05) is 11.1 Å². The molecule has 0 spiro atoms. The van der Waals surface area contributed by atoms with Crippen LogP contribution in [0.25, 0.3) is 0 Å². The lowest BCUT2D eigenvalue weighted by Crippen LogP contribution is -2.30. The van der Waals surface area contributed by atoms with Gasteiger partial charge in [0.15, 0.2) is 46.5 Å². The lowest BCUT2D eigenvalue weighted by molar-refractivity contribution is -0.0939. The Morgan fingerprint density at radius 1 is 0.535 bits per heavy atom. The zero-order chi connectivity index (χ0) is 31.3. The van der Waals surface area contributed by atoms with Crippen LogP contribution in [0.1, 0.15) is 127 Å². The van der Waals surface area contributed by atoms with Gasteiger partial charge in [-0.05, 0) is 61.5 Å². The van der Waals surface area contributed by atoms with Crippen molar-refractivity contribution in [3.05, 3.63) is 69.8 Å². The molecule has 2 atom stereocenters. The van der Waals surface area contributed by atoms with Gasteiger partial charge >= 0.3 is 0 Å². The van der Waals surface area contributed by atoms with Crippen molar-refractivity contribution in [2.75, 3.05) is 0 Å². The maximum absolute atomic E-state index is 15.3. The first-order chi connectivity index (χ1) is 20.6. The van der Waals surface area contributed by atoms with E-state index in [1.54, 1.807) is 0 Å². The molecule has 0 aromatic heterocycles. The predicted molar refractivity (Wildman–Crippen MR) is 149 cm³/mol. The summed E-state index contributed by atoms with van der Waals surface area (Å²) in [5.74, 6) is -14.4. The molecule has 2 fully saturated rings. The summed E-state index contributed by atoms with van der Waals surface area (Å²) in [5.41, 5.74) is -1.11. The first-order valence-corrected chi connectivity index (χ1v) is 15.9. The molecule has 2 unspecified atom stereocenters. The van der Waals surface area contributed by atoms with Crippen molar-refractivity contribution < 1.29 is 39.9 Å². The van der Waals surface area contributed by atoms with Crippen LogP contribution in [0, 0.1) is 70.2 Å². The Kier molecular flexibility index (Phi) is 11.9. The van der Waals surface area contributed by atoms with E-state index in [0.717, 1.165) is 64.2 Å². The van der Waals surface area contributed by atoms with Crippen LogP contribution >= 0.6 is 0 Å². The van der Waals surface area contributed by atoms with Crippen LogP contribution in [0.15, 0.2) is 12.1 Å². The molecule has 4 rings (SSSR count). The Balaban J connectivity index is 1.74. The van der Waals surface area contributed by atoms with E-state index in [9.17, 15) is 26.3 Å². The fraction of sp³-hybridized carbons (Fsp3) is 0.647. The van der Waals surface area contributed by atoms with Crippen molar-refractivity contribution in [3.63, 3.8) is 0 Å². The van der Waals surface area contributed by atoms with E-state index in [4.69, 9.17) is 4.74 Å². The number of hydrogen-bond donors (Lipinski definition) is 0. The molecule has 240 valence electrons. The molecule has 0 saturated heterocycles. The largest absolute Gasteiger partial charge is 0.365 e. The van der Waals surface area contributed by atoms with Crippen LogP contribution in [-0.2, 0) is 4.74 Å². The second kappa shape index (κ2) is 15.2. The van der Waals surface area contributed by atoms with Crippen LogP contribution < -0.4 is 0 Å². The average molecular weight is 619 g/mol. The van der Waals surface area contributed by atoms with Crippen molar-refractivity contribution in [2.24, 2.45) is 23.7 Å². The second-order valence-corrected chi connectivity index (χ2v) is 12.6. The normalized spacial score (nSPS) is 24.2. The summed E-state index contributed by atoms with van der Waals surface area (Å²) >= 11 is 0. The summed E-state index contributed by atoms with van der Waals surface area (Å²) in [6, 6.07) is 1.12. The van der Waals surface area contributed by atoms with Crippen molar-refractivity contribution >= 4 is 0 Å². The van der Waals surface area contributed by atoms with Gasteiger partial charge in [0.25, 0.3) is 0 Å². The molecule has 2 aromatic rings. The quantitative estimate of drug-likeness (QED) is 0.131. The Labute approximate surface area is 249 Å². The Hall–Kier alpha value is -2.16. The summed E-state index contributed by atoms with van der Waals surface area (Å²) in [7, 11) is 0. The Morgan fingerprint density at radius 2 is 0.884 bits per heavy atom. The van der Waals surface area contributed by atoms with E-state index in [1.165, 1.54) is 0 Å². The highest BCUT2D eigenvalue weighted by molar-refractivity contribution is 5.27. The van der Waals surface area contributed by atoms with Crippen LogP contribution in [0.2, 0.25) is 0 Å². The third-order valence-corrected chi connectivity index (χ3v) is 9.74. The van der Waals surface area contributed by atoms with E-state index < -0.39 is 81.7 Å². The van der Waals surface area contributed by atoms with E-state index >= 15 is 8.78 Å². The topological polar surface area (TPSA) is 9.23 Å². The van der Waals surface area contributed by atoms with Gasteiger partial charge in [0.05, 0.1) is 12.2 Å². The number of benzene rings is 2. The average Bonchev–Trinajstić information content (AvgIpc) is 3.02. The highest BCUT2D eigenvalue weighted by Gasteiger charge is 2.40. The minimum absolute atomic E-state index is 0.412. The first kappa shape index (κ1) is 33.7. The van der Waals surface area contributed by atoms with Gasteiger partial charge in [-0.2, -0.15) is 0 Å². The van der Waals surface area contributed by atoms with Gasteiger partial charge in [-0.15, -0.1) is 0 Å². The number of rotatable bonds is 12. The van der Waals surface area contributed by atoms with Crippen LogP contribution in [0.4, 0.5) is 35.1 Å². The Morgan fingerprint density at radius 3 is 1.21 bits per heavy atom. The second-order valence-electron chi connectivity index (χ2n) is 12.6. The summed E-state index contributed by atoms with van der Waals surface area (Å²) in [4.78, 5) is 0. The number of ether oxygens (including phenoxy) is 1. The number of unbranched alkanes of at least 4 members (excludes halogenated alkanes) is 2. The zero-order valence-corrected chi connectivity index (χ0v) is 25.0. The van der Waals surface area contributed by atoms with Crippen LogP contribution in [0.3, 0.4) is 0 Å². The molecule has 2 aliphatic rings. The number of hydrogen-bond acceptors (Lipinski definition) is 1. The molecule has 2 aromatic carbocycles. The molecular weight excluding hydrogens is 576 g/mol. The molecule has 0 radical (unpaired) electrons. The molecule has 0 aliphatic heterocycles. The monoisotopic (exact) mass is 618 g/mol. The number of halogens is 8. The lowest BCUT2D eigenvalue weighted by atomic mass is 9.74. The van der Waals surface area contributed by atoms with Crippen molar-refractivity contribution in [1.82, 2.24) is 0 Å². The first-order valence-electron chi connectivity index (χ1n) is 15.9. The smallest absolute Gasteiger partial charge is 0.197 e. The van der Waals surface area contributed by atoms with Crippen LogP contribution in [-0.4, -0.2) is 0 Å². The summed E-state index contributed by atoms with van der Waals surface area (Å²) in [5, 5.41) is 0. The van der Waals surface area contributed by atoms with Gasteiger partial charge in [-0.3, -0.25) is 0 Å². The van der Waals surface area contributed by atoms with Gasteiger partial charge in [0.2, 0.25) is 0 Å². The van der Waals surface area contributed by atoms with Crippen molar-refractivity contribution in [2.45, 2.75) is 116 Å². The molecule has 0 N–H and O–H groups in total. The summed E-state index contributed by atoms with van der Waals surface area (Å²) < 4.78 is 123. The van der Waals surface area contributed by atoms with Gasteiger partial charge < -0.3 is 4.74 Å².